The van der Waals surface area contributed by atoms with E-state index < -0.39 is 0 Å². The molecule has 0 amide bonds. The molecule has 1 saturated carbocycles. The van der Waals surface area contributed by atoms with Gasteiger partial charge in [-0.2, -0.15) is 0 Å². The van der Waals surface area contributed by atoms with Gasteiger partial charge >= 0.3 is 0 Å². The van der Waals surface area contributed by atoms with E-state index in [0.29, 0.717) is 6.04 Å². The minimum Gasteiger partial charge on any atom is -0.390 e. The average Bonchev–Trinajstić information content (AvgIpc) is 2.76. The van der Waals surface area contributed by atoms with Crippen molar-refractivity contribution in [2.24, 2.45) is 5.92 Å². The third-order valence-electron chi connectivity index (χ3n) is 5.50. The molecular formula is C16H30N2O2. The summed E-state index contributed by atoms with van der Waals surface area (Å²) in [6.07, 6.45) is 6.68. The first kappa shape index (κ1) is 14.8. The molecule has 3 aliphatic rings. The Morgan fingerprint density at radius 3 is 2.70 bits per heavy atom. The van der Waals surface area contributed by atoms with E-state index in [2.05, 4.69) is 16.7 Å². The maximum Gasteiger partial charge on any atom is 0.0794 e. The summed E-state index contributed by atoms with van der Waals surface area (Å²) in [5.41, 5.74) is 0. The van der Waals surface area contributed by atoms with Crippen LogP contribution in [0.4, 0.5) is 0 Å². The number of β-amino-alcohol motifs (C(OH)–C–C–N with tert-alkyl or cyclic N) is 1. The van der Waals surface area contributed by atoms with Gasteiger partial charge in [-0.3, -0.25) is 9.80 Å². The van der Waals surface area contributed by atoms with Gasteiger partial charge in [-0.1, -0.05) is 12.8 Å². The Morgan fingerprint density at radius 1 is 1.15 bits per heavy atom. The molecule has 0 unspecified atom stereocenters. The Bertz CT molecular complexity index is 307. The summed E-state index contributed by atoms with van der Waals surface area (Å²) >= 11 is 0. The first-order valence-corrected chi connectivity index (χ1v) is 8.48. The van der Waals surface area contributed by atoms with E-state index in [1.807, 2.05) is 0 Å². The number of likely N-dealkylation sites (tertiary alicyclic amines) is 1. The first-order chi connectivity index (χ1) is 9.74. The normalized spacial score (nSPS) is 37.8. The second kappa shape index (κ2) is 6.73. The third kappa shape index (κ3) is 3.35. The maximum absolute atomic E-state index is 10.4. The fraction of sp³-hybridized carbons (Fsp3) is 1.00. The molecule has 0 aromatic carbocycles. The SMILES string of the molecule is C[C@@H]1C[C@@H]2CCCC[C@@H]2N1C[C@H](O)CN1CCOCC1. The summed E-state index contributed by atoms with van der Waals surface area (Å²) in [7, 11) is 0. The van der Waals surface area contributed by atoms with E-state index >= 15 is 0 Å². The molecule has 3 rings (SSSR count). The topological polar surface area (TPSA) is 35.9 Å². The van der Waals surface area contributed by atoms with E-state index in [0.717, 1.165) is 51.4 Å². The zero-order chi connectivity index (χ0) is 13.9. The molecule has 2 heterocycles. The summed E-state index contributed by atoms with van der Waals surface area (Å²) in [5, 5.41) is 10.4. The molecule has 116 valence electrons. The van der Waals surface area contributed by atoms with Crippen LogP contribution in [0.5, 0.6) is 0 Å². The molecule has 4 heteroatoms. The number of fused-ring (bicyclic) bond motifs is 1. The van der Waals surface area contributed by atoms with E-state index in [1.165, 1.54) is 32.1 Å². The van der Waals surface area contributed by atoms with Crippen LogP contribution in [0.3, 0.4) is 0 Å². The molecule has 4 atom stereocenters. The van der Waals surface area contributed by atoms with E-state index in [1.54, 1.807) is 0 Å². The van der Waals surface area contributed by atoms with Gasteiger partial charge in [-0.25, -0.2) is 0 Å². The highest BCUT2D eigenvalue weighted by molar-refractivity contribution is 4.95. The van der Waals surface area contributed by atoms with Crippen LogP contribution in [0.15, 0.2) is 0 Å². The zero-order valence-corrected chi connectivity index (χ0v) is 12.8. The highest BCUT2D eigenvalue weighted by Crippen LogP contribution is 2.39. The van der Waals surface area contributed by atoms with Gasteiger partial charge < -0.3 is 9.84 Å². The van der Waals surface area contributed by atoms with Crippen molar-refractivity contribution in [2.75, 3.05) is 39.4 Å². The molecular weight excluding hydrogens is 252 g/mol. The summed E-state index contributed by atoms with van der Waals surface area (Å²) in [6, 6.07) is 1.40. The Balaban J connectivity index is 1.50. The Hall–Kier alpha value is -0.160. The number of morpholine rings is 1. The number of hydrogen-bond acceptors (Lipinski definition) is 4. The largest absolute Gasteiger partial charge is 0.390 e. The summed E-state index contributed by atoms with van der Waals surface area (Å²) in [4.78, 5) is 4.95. The van der Waals surface area contributed by atoms with Crippen LogP contribution in [0.2, 0.25) is 0 Å². The highest BCUT2D eigenvalue weighted by Gasteiger charge is 2.40. The molecule has 4 nitrogen and oxygen atoms in total. The fourth-order valence-corrected chi connectivity index (χ4v) is 4.50. The van der Waals surface area contributed by atoms with Crippen molar-refractivity contribution in [1.82, 2.24) is 9.80 Å². The molecule has 0 aromatic rings. The molecule has 0 radical (unpaired) electrons. The van der Waals surface area contributed by atoms with Gasteiger partial charge in [0.15, 0.2) is 0 Å². The number of aliphatic hydroxyl groups excluding tert-OH is 1. The molecule has 3 fully saturated rings. The monoisotopic (exact) mass is 282 g/mol. The van der Waals surface area contributed by atoms with Crippen molar-refractivity contribution < 1.29 is 9.84 Å². The maximum atomic E-state index is 10.4. The standard InChI is InChI=1S/C16H30N2O2/c1-13-10-14-4-2-3-5-16(14)18(13)12-15(19)11-17-6-8-20-9-7-17/h13-16,19H,2-12H2,1H3/t13-,14+,15-,16+/m1/s1. The van der Waals surface area contributed by atoms with Gasteiger partial charge in [0.1, 0.15) is 0 Å². The molecule has 0 spiro atoms. The first-order valence-electron chi connectivity index (χ1n) is 8.48. The lowest BCUT2D eigenvalue weighted by molar-refractivity contribution is 0.000707. The van der Waals surface area contributed by atoms with Gasteiger partial charge in [-0.05, 0) is 32.1 Å². The predicted octanol–water partition coefficient (Wildman–Crippen LogP) is 1.33. The van der Waals surface area contributed by atoms with Crippen LogP contribution < -0.4 is 0 Å². The van der Waals surface area contributed by atoms with Crippen LogP contribution in [-0.4, -0.2) is 72.5 Å². The number of hydrogen-bond donors (Lipinski definition) is 1. The molecule has 0 bridgehead atoms. The zero-order valence-electron chi connectivity index (χ0n) is 12.8. The number of rotatable bonds is 4. The van der Waals surface area contributed by atoms with Crippen molar-refractivity contribution in [1.29, 1.82) is 0 Å². The van der Waals surface area contributed by atoms with E-state index in [-0.39, 0.29) is 6.10 Å². The summed E-state index contributed by atoms with van der Waals surface area (Å²) in [6.45, 7) is 7.59. The van der Waals surface area contributed by atoms with Crippen molar-refractivity contribution >= 4 is 0 Å². The second-order valence-electron chi connectivity index (χ2n) is 6.96. The van der Waals surface area contributed by atoms with Gasteiger partial charge in [0.05, 0.1) is 19.3 Å². The summed E-state index contributed by atoms with van der Waals surface area (Å²) in [5.74, 6) is 0.898. The van der Waals surface area contributed by atoms with Gasteiger partial charge in [0.25, 0.3) is 0 Å². The van der Waals surface area contributed by atoms with Crippen LogP contribution in [0.25, 0.3) is 0 Å². The van der Waals surface area contributed by atoms with E-state index in [4.69, 9.17) is 4.74 Å². The van der Waals surface area contributed by atoms with Gasteiger partial charge in [0, 0.05) is 38.3 Å². The van der Waals surface area contributed by atoms with Crippen LogP contribution >= 0.6 is 0 Å². The second-order valence-corrected chi connectivity index (χ2v) is 6.96. The van der Waals surface area contributed by atoms with Gasteiger partial charge in [0.2, 0.25) is 0 Å². The van der Waals surface area contributed by atoms with Crippen molar-refractivity contribution in [3.05, 3.63) is 0 Å². The number of aliphatic hydroxyl groups is 1. The fourth-order valence-electron chi connectivity index (χ4n) is 4.50. The van der Waals surface area contributed by atoms with Gasteiger partial charge in [-0.15, -0.1) is 0 Å². The smallest absolute Gasteiger partial charge is 0.0794 e. The molecule has 2 saturated heterocycles. The van der Waals surface area contributed by atoms with Crippen LogP contribution in [0.1, 0.15) is 39.0 Å². The minimum absolute atomic E-state index is 0.212. The molecule has 20 heavy (non-hydrogen) atoms. The van der Waals surface area contributed by atoms with Crippen molar-refractivity contribution in [3.63, 3.8) is 0 Å². The molecule has 2 aliphatic heterocycles. The van der Waals surface area contributed by atoms with E-state index in [9.17, 15) is 5.11 Å². The van der Waals surface area contributed by atoms with Crippen LogP contribution in [-0.2, 0) is 4.74 Å². The summed E-state index contributed by atoms with van der Waals surface area (Å²) < 4.78 is 5.37. The lowest BCUT2D eigenvalue weighted by Gasteiger charge is -2.36. The number of nitrogens with zero attached hydrogens (tertiary/aromatic N) is 2. The molecule has 1 aliphatic carbocycles. The lowest BCUT2D eigenvalue weighted by atomic mass is 9.85. The quantitative estimate of drug-likeness (QED) is 0.844. The van der Waals surface area contributed by atoms with Crippen molar-refractivity contribution in [2.45, 2.75) is 57.2 Å². The Kier molecular flexibility index (Phi) is 4.97. The lowest BCUT2D eigenvalue weighted by Crippen LogP contribution is -2.47. The Labute approximate surface area is 123 Å². The molecule has 0 aromatic heterocycles. The van der Waals surface area contributed by atoms with Crippen molar-refractivity contribution in [3.8, 4) is 0 Å². The number of ether oxygens (including phenoxy) is 1. The Morgan fingerprint density at radius 2 is 1.90 bits per heavy atom. The average molecular weight is 282 g/mol. The molecule has 1 N–H and O–H groups in total. The van der Waals surface area contributed by atoms with Crippen LogP contribution in [0, 0.1) is 5.92 Å². The predicted molar refractivity (Wildman–Crippen MR) is 79.8 cm³/mol. The third-order valence-corrected chi connectivity index (χ3v) is 5.50. The highest BCUT2D eigenvalue weighted by atomic mass is 16.5. The minimum atomic E-state index is -0.212.